The van der Waals surface area contributed by atoms with Crippen molar-refractivity contribution in [2.75, 3.05) is 6.26 Å². The Labute approximate surface area is 81.3 Å². The Kier molecular flexibility index (Phi) is 2.04. The number of thioether (sulfide) groups is 1. The predicted molar refractivity (Wildman–Crippen MR) is 53.1 cm³/mol. The van der Waals surface area contributed by atoms with E-state index in [1.54, 1.807) is 0 Å². The van der Waals surface area contributed by atoms with Crippen LogP contribution in [0.3, 0.4) is 0 Å². The van der Waals surface area contributed by atoms with Crippen LogP contribution < -0.4 is 4.74 Å². The molecule has 0 saturated heterocycles. The van der Waals surface area contributed by atoms with Crippen LogP contribution in [0.15, 0.2) is 18.2 Å². The Balaban J connectivity index is 2.50. The van der Waals surface area contributed by atoms with E-state index in [2.05, 4.69) is 0 Å². The lowest BCUT2D eigenvalue weighted by Crippen LogP contribution is -2.05. The molecule has 68 valence electrons. The van der Waals surface area contributed by atoms with E-state index in [1.807, 2.05) is 31.4 Å². The minimum Gasteiger partial charge on any atom is -0.425 e. The Hall–Kier alpha value is -0.960. The third kappa shape index (κ3) is 1.33. The topological polar surface area (TPSA) is 26.3 Å². The van der Waals surface area contributed by atoms with Crippen molar-refractivity contribution in [2.45, 2.75) is 12.2 Å². The number of hydrogen-bond acceptors (Lipinski definition) is 3. The first-order valence-corrected chi connectivity index (χ1v) is 5.36. The molecular formula is C10H10O2S. The van der Waals surface area contributed by atoms with Crippen molar-refractivity contribution in [3.8, 4) is 5.75 Å². The minimum atomic E-state index is -0.145. The molecule has 2 rings (SSSR count). The van der Waals surface area contributed by atoms with Gasteiger partial charge in [-0.2, -0.15) is 0 Å². The summed E-state index contributed by atoms with van der Waals surface area (Å²) in [7, 11) is 0. The first kappa shape index (κ1) is 8.63. The van der Waals surface area contributed by atoms with Crippen LogP contribution in [0.25, 0.3) is 0 Å². The Morgan fingerprint density at radius 2 is 2.23 bits per heavy atom. The van der Waals surface area contributed by atoms with Crippen LogP contribution in [-0.2, 0) is 4.79 Å². The molecule has 1 heterocycles. The molecule has 0 aromatic heterocycles. The number of aryl methyl sites for hydroxylation is 1. The van der Waals surface area contributed by atoms with Crippen molar-refractivity contribution in [3.05, 3.63) is 29.3 Å². The standard InChI is InChI=1S/C10H10O2S/c1-6-3-4-8-7(5-6)9(13-2)10(11)12-8/h3-5,9H,1-2H3. The molecule has 0 spiro atoms. The molecule has 0 bridgehead atoms. The smallest absolute Gasteiger partial charge is 0.329 e. The van der Waals surface area contributed by atoms with Crippen molar-refractivity contribution in [3.63, 3.8) is 0 Å². The van der Waals surface area contributed by atoms with E-state index >= 15 is 0 Å². The molecule has 1 atom stereocenters. The molecule has 1 unspecified atom stereocenters. The van der Waals surface area contributed by atoms with Crippen molar-refractivity contribution >= 4 is 17.7 Å². The van der Waals surface area contributed by atoms with Crippen LogP contribution in [0.1, 0.15) is 16.4 Å². The first-order chi connectivity index (χ1) is 6.22. The second-order valence-electron chi connectivity index (χ2n) is 3.08. The molecule has 0 radical (unpaired) electrons. The number of carbonyl (C=O) groups excluding carboxylic acids is 1. The van der Waals surface area contributed by atoms with Gasteiger partial charge in [0.1, 0.15) is 11.0 Å². The highest BCUT2D eigenvalue weighted by Gasteiger charge is 2.32. The van der Waals surface area contributed by atoms with Gasteiger partial charge in [-0.1, -0.05) is 17.7 Å². The van der Waals surface area contributed by atoms with E-state index in [0.717, 1.165) is 16.9 Å². The molecule has 3 heteroatoms. The summed E-state index contributed by atoms with van der Waals surface area (Å²) in [6, 6.07) is 5.83. The largest absolute Gasteiger partial charge is 0.425 e. The monoisotopic (exact) mass is 194 g/mol. The third-order valence-electron chi connectivity index (χ3n) is 2.11. The van der Waals surface area contributed by atoms with E-state index < -0.39 is 0 Å². The number of carbonyl (C=O) groups is 1. The second-order valence-corrected chi connectivity index (χ2v) is 4.02. The van der Waals surface area contributed by atoms with Gasteiger partial charge in [-0.05, 0) is 19.2 Å². The zero-order valence-electron chi connectivity index (χ0n) is 7.53. The highest BCUT2D eigenvalue weighted by molar-refractivity contribution is 7.99. The van der Waals surface area contributed by atoms with Gasteiger partial charge in [0.2, 0.25) is 0 Å². The SMILES string of the molecule is CSC1C(=O)Oc2ccc(C)cc21. The first-order valence-electron chi connectivity index (χ1n) is 4.07. The lowest BCUT2D eigenvalue weighted by molar-refractivity contribution is -0.132. The fourth-order valence-electron chi connectivity index (χ4n) is 1.48. The van der Waals surface area contributed by atoms with Gasteiger partial charge in [-0.15, -0.1) is 11.8 Å². The number of hydrogen-bond donors (Lipinski definition) is 0. The molecule has 0 saturated carbocycles. The lowest BCUT2D eigenvalue weighted by atomic mass is 10.1. The Morgan fingerprint density at radius 1 is 1.46 bits per heavy atom. The molecule has 0 N–H and O–H groups in total. The highest BCUT2D eigenvalue weighted by Crippen LogP contribution is 2.40. The fourth-order valence-corrected chi connectivity index (χ4v) is 2.16. The predicted octanol–water partition coefficient (Wildman–Crippen LogP) is 2.32. The quantitative estimate of drug-likeness (QED) is 0.507. The molecule has 1 aliphatic rings. The normalized spacial score (nSPS) is 19.8. The zero-order chi connectivity index (χ0) is 9.42. The zero-order valence-corrected chi connectivity index (χ0v) is 8.35. The summed E-state index contributed by atoms with van der Waals surface area (Å²) in [5.41, 5.74) is 2.17. The van der Waals surface area contributed by atoms with Crippen molar-refractivity contribution < 1.29 is 9.53 Å². The molecule has 1 aromatic carbocycles. The maximum absolute atomic E-state index is 11.3. The van der Waals surface area contributed by atoms with Crippen LogP contribution in [-0.4, -0.2) is 12.2 Å². The molecule has 13 heavy (non-hydrogen) atoms. The van der Waals surface area contributed by atoms with Gasteiger partial charge in [0, 0.05) is 5.56 Å². The number of rotatable bonds is 1. The summed E-state index contributed by atoms with van der Waals surface area (Å²) in [5, 5.41) is -0.130. The maximum Gasteiger partial charge on any atom is 0.329 e. The maximum atomic E-state index is 11.3. The second kappa shape index (κ2) is 3.07. The Morgan fingerprint density at radius 3 is 2.92 bits per heavy atom. The van der Waals surface area contributed by atoms with Crippen LogP contribution in [0.4, 0.5) is 0 Å². The van der Waals surface area contributed by atoms with Gasteiger partial charge in [0.25, 0.3) is 0 Å². The summed E-state index contributed by atoms with van der Waals surface area (Å²) >= 11 is 1.52. The van der Waals surface area contributed by atoms with Crippen molar-refractivity contribution in [2.24, 2.45) is 0 Å². The molecule has 0 aliphatic carbocycles. The van der Waals surface area contributed by atoms with Crippen LogP contribution >= 0.6 is 11.8 Å². The average Bonchev–Trinajstić information content (AvgIpc) is 2.40. The highest BCUT2D eigenvalue weighted by atomic mass is 32.2. The van der Waals surface area contributed by atoms with E-state index in [1.165, 1.54) is 11.8 Å². The van der Waals surface area contributed by atoms with Gasteiger partial charge in [-0.3, -0.25) is 4.79 Å². The number of ether oxygens (including phenoxy) is 1. The number of esters is 1. The van der Waals surface area contributed by atoms with Crippen LogP contribution in [0.2, 0.25) is 0 Å². The summed E-state index contributed by atoms with van der Waals surface area (Å²) in [6.07, 6.45) is 1.92. The van der Waals surface area contributed by atoms with Gasteiger partial charge in [0.05, 0.1) is 0 Å². The molecular weight excluding hydrogens is 184 g/mol. The third-order valence-corrected chi connectivity index (χ3v) is 3.03. The van der Waals surface area contributed by atoms with E-state index in [0.29, 0.717) is 0 Å². The minimum absolute atomic E-state index is 0.130. The Bertz CT molecular complexity index is 360. The summed E-state index contributed by atoms with van der Waals surface area (Å²) < 4.78 is 5.11. The van der Waals surface area contributed by atoms with E-state index in [4.69, 9.17) is 4.74 Å². The van der Waals surface area contributed by atoms with Crippen molar-refractivity contribution in [1.82, 2.24) is 0 Å². The van der Waals surface area contributed by atoms with Gasteiger partial charge >= 0.3 is 5.97 Å². The van der Waals surface area contributed by atoms with Gasteiger partial charge in [0.15, 0.2) is 0 Å². The van der Waals surface area contributed by atoms with E-state index in [-0.39, 0.29) is 11.2 Å². The summed E-state index contributed by atoms with van der Waals surface area (Å²) in [6.45, 7) is 2.01. The van der Waals surface area contributed by atoms with E-state index in [9.17, 15) is 4.79 Å². The van der Waals surface area contributed by atoms with Gasteiger partial charge < -0.3 is 4.74 Å². The van der Waals surface area contributed by atoms with Crippen LogP contribution in [0.5, 0.6) is 5.75 Å². The van der Waals surface area contributed by atoms with Crippen molar-refractivity contribution in [1.29, 1.82) is 0 Å². The lowest BCUT2D eigenvalue weighted by Gasteiger charge is -2.02. The molecule has 1 aromatic rings. The summed E-state index contributed by atoms with van der Waals surface area (Å²) in [5.74, 6) is 0.572. The molecule has 1 aliphatic heterocycles. The van der Waals surface area contributed by atoms with Gasteiger partial charge in [-0.25, -0.2) is 0 Å². The molecule has 0 fully saturated rings. The molecule has 0 amide bonds. The number of fused-ring (bicyclic) bond motifs is 1. The summed E-state index contributed by atoms with van der Waals surface area (Å²) in [4.78, 5) is 11.3. The average molecular weight is 194 g/mol. The van der Waals surface area contributed by atoms with Crippen LogP contribution in [0, 0.1) is 6.92 Å². The molecule has 2 nitrogen and oxygen atoms in total. The fraction of sp³-hybridized carbons (Fsp3) is 0.300. The number of benzene rings is 1.